The summed E-state index contributed by atoms with van der Waals surface area (Å²) in [5, 5.41) is 27.2. The van der Waals surface area contributed by atoms with Crippen molar-refractivity contribution in [2.24, 2.45) is 5.73 Å². The van der Waals surface area contributed by atoms with E-state index in [1.807, 2.05) is 146 Å². The molecule has 0 saturated heterocycles. The second-order valence-electron chi connectivity index (χ2n) is 26.7. The van der Waals surface area contributed by atoms with Crippen LogP contribution in [0.3, 0.4) is 0 Å². The Morgan fingerprint density at radius 2 is 0.818 bits per heavy atom. The number of halogens is 1. The quantitative estimate of drug-likeness (QED) is 0.0163. The lowest BCUT2D eigenvalue weighted by Crippen LogP contribution is -2.34. The van der Waals surface area contributed by atoms with Crippen molar-refractivity contribution in [3.8, 4) is 17.2 Å². The third kappa shape index (κ3) is 23.6. The van der Waals surface area contributed by atoms with E-state index in [9.17, 15) is 23.9 Å². The molecule has 15 rings (SSSR count). The van der Waals surface area contributed by atoms with Gasteiger partial charge in [0.2, 0.25) is 0 Å². The van der Waals surface area contributed by atoms with Crippen LogP contribution in [0.5, 0.6) is 17.2 Å². The Bertz CT molecular complexity index is 4850. The maximum atomic E-state index is 12.7. The van der Waals surface area contributed by atoms with Crippen molar-refractivity contribution in [3.63, 3.8) is 0 Å². The summed E-state index contributed by atoms with van der Waals surface area (Å²) < 4.78 is 43.4. The average molecular weight is 1540 g/mol. The summed E-state index contributed by atoms with van der Waals surface area (Å²) in [4.78, 5) is 63.1. The number of hydrogen-bond donors (Lipinski definition) is 7. The number of carbonyl (C=O) groups excluding carboxylic acids is 2. The number of carboxylic acid groups (broad SMARTS) is 1. The standard InChI is InChI=1S/C29H32N4O3S.C27H28N4O3S.C22H29N3O3.C7H4FNS/c1-2-35-28(34)25(33-29-32-24-9-3-4-10-26(24)37-29)19-20-11-15-23(16-12-20)36-18-6-8-22-14-13-21-7-5-17-30-27(21)31-22;32-26(33)23(31-27-30-22-7-1-2-8-24(22)35-27)17-18-9-13-21(14-10-18)34-16-4-6-20-12-11-19-5-3-15-28-25(19)29-20;1-2-27-22(26)20(23)15-16-7-11-19(12-8-16)28-14-4-6-18-10-9-17-5-3-13-24-21(17)25-18;8-7-9-5-3-1-2-4-6(5)10-7/h3-4,9-16,25H,2,5-8,17-19H2,1H3,(H,30,31)(H,32,33);1-2,7-14,23H,3-6,15-17H2,(H,28,29)(H,30,31)(H,32,33);7-12,20H,2-6,13-15,23H2,1H3,(H,24,25);1-4H. The van der Waals surface area contributed by atoms with Gasteiger partial charge in [-0.05, 0) is 222 Å². The molecule has 3 aliphatic rings. The van der Waals surface area contributed by atoms with Crippen molar-refractivity contribution >= 4 is 110 Å². The van der Waals surface area contributed by atoms with Gasteiger partial charge in [0, 0.05) is 49.6 Å². The van der Waals surface area contributed by atoms with Gasteiger partial charge in [0.15, 0.2) is 10.3 Å². The van der Waals surface area contributed by atoms with Crippen LogP contribution in [0.25, 0.3) is 30.6 Å². The first-order chi connectivity index (χ1) is 53.8. The molecule has 6 aromatic heterocycles. The number of aromatic nitrogens is 6. The molecule has 0 bridgehead atoms. The number of hydrogen-bond acceptors (Lipinski definition) is 23. The molecule has 110 heavy (non-hydrogen) atoms. The number of carboxylic acids is 1. The molecule has 0 saturated carbocycles. The predicted octanol–water partition coefficient (Wildman–Crippen LogP) is 16.1. The van der Waals surface area contributed by atoms with Gasteiger partial charge in [-0.3, -0.25) is 4.79 Å². The maximum Gasteiger partial charge on any atom is 0.328 e. The highest BCUT2D eigenvalue weighted by Crippen LogP contribution is 2.31. The van der Waals surface area contributed by atoms with Crippen LogP contribution in [0.15, 0.2) is 182 Å². The number of anilines is 5. The van der Waals surface area contributed by atoms with Crippen LogP contribution in [0.4, 0.5) is 32.1 Å². The van der Waals surface area contributed by atoms with E-state index >= 15 is 0 Å². The number of esters is 2. The Hall–Kier alpha value is -10.9. The van der Waals surface area contributed by atoms with Gasteiger partial charge in [-0.2, -0.15) is 4.39 Å². The van der Waals surface area contributed by atoms with Crippen molar-refractivity contribution in [2.45, 2.75) is 128 Å². The number of para-hydroxylation sites is 3. The number of ether oxygens (including phenoxy) is 5. The summed E-state index contributed by atoms with van der Waals surface area (Å²) in [5.41, 5.74) is 18.5. The van der Waals surface area contributed by atoms with Gasteiger partial charge in [-0.1, -0.05) is 125 Å². The molecule has 6 aromatic carbocycles. The molecule has 3 atom stereocenters. The first-order valence-electron chi connectivity index (χ1n) is 37.7. The molecule has 9 heterocycles. The van der Waals surface area contributed by atoms with E-state index in [1.54, 1.807) is 13.0 Å². The van der Waals surface area contributed by atoms with Crippen molar-refractivity contribution in [2.75, 3.05) is 79.3 Å². The van der Waals surface area contributed by atoms with E-state index in [4.69, 9.17) is 44.4 Å². The molecule has 572 valence electrons. The number of carbonyl (C=O) groups is 3. The van der Waals surface area contributed by atoms with Crippen LogP contribution >= 0.6 is 34.0 Å². The molecular weight excluding hydrogens is 1450 g/mol. The number of rotatable bonds is 30. The van der Waals surface area contributed by atoms with Gasteiger partial charge in [-0.15, -0.1) is 0 Å². The fourth-order valence-electron chi connectivity index (χ4n) is 12.7. The van der Waals surface area contributed by atoms with Crippen LogP contribution in [0.2, 0.25) is 0 Å². The molecular formula is C85H93FN12O9S3. The zero-order chi connectivity index (χ0) is 76.2. The fourth-order valence-corrected chi connectivity index (χ4v) is 15.3. The molecule has 0 amide bonds. The lowest BCUT2D eigenvalue weighted by atomic mass is 10.1. The minimum absolute atomic E-state index is 0.284. The van der Waals surface area contributed by atoms with Crippen molar-refractivity contribution in [3.05, 3.63) is 238 Å². The molecule has 21 nitrogen and oxygen atoms in total. The summed E-state index contributed by atoms with van der Waals surface area (Å²) in [6.45, 7) is 9.12. The highest BCUT2D eigenvalue weighted by atomic mass is 32.1. The molecule has 3 unspecified atom stereocenters. The Morgan fingerprint density at radius 3 is 1.21 bits per heavy atom. The summed E-state index contributed by atoms with van der Waals surface area (Å²) in [7, 11) is 0. The van der Waals surface area contributed by atoms with E-state index in [-0.39, 0.29) is 17.2 Å². The predicted molar refractivity (Wildman–Crippen MR) is 438 cm³/mol. The highest BCUT2D eigenvalue weighted by molar-refractivity contribution is 7.22. The van der Waals surface area contributed by atoms with E-state index < -0.39 is 24.1 Å². The van der Waals surface area contributed by atoms with Gasteiger partial charge < -0.3 is 61.1 Å². The van der Waals surface area contributed by atoms with Crippen molar-refractivity contribution in [1.29, 1.82) is 0 Å². The Morgan fingerprint density at radius 1 is 0.455 bits per heavy atom. The number of nitrogens with zero attached hydrogens (tertiary/aromatic N) is 6. The number of nitrogens with one attached hydrogen (secondary N) is 5. The fraction of sp³-hybridized carbons (Fsp3) is 0.329. The van der Waals surface area contributed by atoms with E-state index in [0.717, 1.165) is 194 Å². The number of thiazole rings is 3. The number of fused-ring (bicyclic) bond motifs is 6. The van der Waals surface area contributed by atoms with Gasteiger partial charge >= 0.3 is 17.9 Å². The van der Waals surface area contributed by atoms with Crippen LogP contribution in [-0.4, -0.2) is 124 Å². The number of nitrogens with two attached hydrogens (primary N) is 1. The van der Waals surface area contributed by atoms with Gasteiger partial charge in [0.25, 0.3) is 5.26 Å². The zero-order valence-corrected chi connectivity index (χ0v) is 64.3. The third-order valence-electron chi connectivity index (χ3n) is 18.4. The first kappa shape index (κ1) is 78.7. The van der Waals surface area contributed by atoms with Crippen LogP contribution in [0.1, 0.15) is 103 Å². The van der Waals surface area contributed by atoms with Crippen LogP contribution in [-0.2, 0) is 81.6 Å². The smallest absolute Gasteiger partial charge is 0.328 e. The number of benzene rings is 6. The molecule has 0 aliphatic carbocycles. The molecule has 0 fully saturated rings. The van der Waals surface area contributed by atoms with Gasteiger partial charge in [0.1, 0.15) is 52.8 Å². The molecule has 25 heteroatoms. The molecule has 3 aliphatic heterocycles. The zero-order valence-electron chi connectivity index (χ0n) is 61.9. The van der Waals surface area contributed by atoms with Crippen molar-refractivity contribution < 1.29 is 47.6 Å². The highest BCUT2D eigenvalue weighted by Gasteiger charge is 2.24. The Balaban J connectivity index is 0.000000145. The van der Waals surface area contributed by atoms with Crippen LogP contribution < -0.4 is 46.5 Å². The maximum absolute atomic E-state index is 12.7. The average Bonchev–Trinajstić information content (AvgIpc) is 1.76. The van der Waals surface area contributed by atoms with E-state index in [0.29, 0.717) is 62.6 Å². The molecule has 0 radical (unpaired) electrons. The Kier molecular flexibility index (Phi) is 29.0. The number of aliphatic carboxylic acids is 1. The SMILES string of the molecule is CCOC(=O)C(Cc1ccc(OCCCc2ccc3c(n2)NCCC3)cc1)Nc1nc2ccccc2s1.CCOC(=O)C(N)Cc1ccc(OCCCc2ccc3c(n2)NCCC3)cc1.Fc1nc2ccccc2s1.O=C(O)C(Cc1ccc(OCCCc2ccc3c(n2)NCCC3)cc1)Nc1nc2ccccc2s1. The second-order valence-corrected chi connectivity index (χ2v) is 29.7. The summed E-state index contributed by atoms with van der Waals surface area (Å²) in [6.07, 6.45) is 13.4. The normalized spacial score (nSPS) is 13.3. The molecule has 8 N–H and O–H groups in total. The van der Waals surface area contributed by atoms with E-state index in [1.165, 1.54) is 52.2 Å². The lowest BCUT2D eigenvalue weighted by molar-refractivity contribution is -0.145. The first-order valence-corrected chi connectivity index (χ1v) is 40.2. The lowest BCUT2D eigenvalue weighted by Gasteiger charge is -2.17. The van der Waals surface area contributed by atoms with E-state index in [2.05, 4.69) is 77.9 Å². The van der Waals surface area contributed by atoms with Crippen molar-refractivity contribution in [1.82, 2.24) is 29.9 Å². The van der Waals surface area contributed by atoms with Gasteiger partial charge in [0.05, 0.1) is 63.7 Å². The van der Waals surface area contributed by atoms with Gasteiger partial charge in [-0.25, -0.2) is 39.5 Å². The third-order valence-corrected chi connectivity index (χ3v) is 21.2. The summed E-state index contributed by atoms with van der Waals surface area (Å²) in [6, 6.07) is 57.3. The van der Waals surface area contributed by atoms with Crippen LogP contribution in [0, 0.1) is 5.26 Å². The largest absolute Gasteiger partial charge is 0.494 e. The monoisotopic (exact) mass is 1540 g/mol. The minimum Gasteiger partial charge on any atom is -0.494 e. The topological polar surface area (TPSA) is 281 Å². The minimum atomic E-state index is -0.907. The Labute approximate surface area is 652 Å². The number of pyridine rings is 3. The second kappa shape index (κ2) is 40.5. The summed E-state index contributed by atoms with van der Waals surface area (Å²) in [5.74, 6) is 3.96. The molecule has 0 spiro atoms. The molecule has 12 aromatic rings. The summed E-state index contributed by atoms with van der Waals surface area (Å²) >= 11 is 4.07. The number of aryl methyl sites for hydroxylation is 6.